The monoisotopic (exact) mass is 438 g/mol. The van der Waals surface area contributed by atoms with Crippen LogP contribution in [0.25, 0.3) is 0 Å². The maximum Gasteiger partial charge on any atom is 0.237 e. The first-order valence-corrected chi connectivity index (χ1v) is 10.7. The number of anilines is 1. The van der Waals surface area contributed by atoms with E-state index in [0.717, 1.165) is 23.9 Å². The summed E-state index contributed by atoms with van der Waals surface area (Å²) in [5.74, 6) is -2.72. The van der Waals surface area contributed by atoms with Gasteiger partial charge >= 0.3 is 0 Å². The molecule has 1 unspecified atom stereocenters. The highest BCUT2D eigenvalue weighted by Gasteiger charge is 2.32. The average Bonchev–Trinajstić information content (AvgIpc) is 2.64. The maximum atomic E-state index is 14.1. The third kappa shape index (κ3) is 4.73. The lowest BCUT2D eigenvalue weighted by Gasteiger charge is -2.31. The Balaban J connectivity index is 2.08. The molecule has 1 aromatic heterocycles. The van der Waals surface area contributed by atoms with Crippen LogP contribution >= 0.6 is 0 Å². The molecule has 3 rings (SSSR count). The molecule has 0 bridgehead atoms. The van der Waals surface area contributed by atoms with Gasteiger partial charge in [-0.25, -0.2) is 27.2 Å². The molecule has 1 aromatic carbocycles. The molecule has 2 aromatic rings. The van der Waals surface area contributed by atoms with Gasteiger partial charge in [0, 0.05) is 19.5 Å². The summed E-state index contributed by atoms with van der Waals surface area (Å²) < 4.78 is 58.8. The summed E-state index contributed by atoms with van der Waals surface area (Å²) in [5, 5.41) is 0. The number of aromatic nitrogens is 2. The van der Waals surface area contributed by atoms with Crippen molar-refractivity contribution in [1.29, 1.82) is 0 Å². The van der Waals surface area contributed by atoms with Gasteiger partial charge in [-0.3, -0.25) is 9.52 Å². The highest BCUT2D eigenvalue weighted by Crippen LogP contribution is 2.36. The van der Waals surface area contributed by atoms with E-state index >= 15 is 0 Å². The number of carbonyl (C=O) groups excluding carboxylic acids is 1. The van der Waals surface area contributed by atoms with Crippen molar-refractivity contribution in [2.75, 3.05) is 17.5 Å². The van der Waals surface area contributed by atoms with E-state index < -0.39 is 27.7 Å². The summed E-state index contributed by atoms with van der Waals surface area (Å²) >= 11 is 0. The number of sulfonamides is 1. The van der Waals surface area contributed by atoms with Crippen LogP contribution in [0.1, 0.15) is 32.0 Å². The number of allylic oxidation sites excluding steroid dienone is 1. The first-order valence-electron chi connectivity index (χ1n) is 9.02. The molecule has 160 valence electrons. The average molecular weight is 438 g/mol. The predicted octanol–water partition coefficient (Wildman–Crippen LogP) is 3.16. The van der Waals surface area contributed by atoms with Gasteiger partial charge < -0.3 is 9.64 Å². The van der Waals surface area contributed by atoms with Crippen molar-refractivity contribution >= 4 is 21.8 Å². The van der Waals surface area contributed by atoms with Crippen LogP contribution in [-0.2, 0) is 14.8 Å². The minimum Gasteiger partial charge on any atom is -0.451 e. The summed E-state index contributed by atoms with van der Waals surface area (Å²) in [5.41, 5.74) is 0.894. The molecular weight excluding hydrogens is 418 g/mol. The molecule has 8 nitrogen and oxygen atoms in total. The standard InChI is InChI=1S/C19H20F2N4O4S/c1-4-30(27,28)24-19-22-9-16(29-15-6-5-12(20)8-13(15)21)17(23-19)18-14(26)7-11(2)10-25(18)3/h5-6,8-10,18H,4,7H2,1-3H3,(H,22,23,24). The Morgan fingerprint density at radius 3 is 2.67 bits per heavy atom. The lowest BCUT2D eigenvalue weighted by molar-refractivity contribution is -0.123. The molecule has 30 heavy (non-hydrogen) atoms. The van der Waals surface area contributed by atoms with E-state index in [2.05, 4.69) is 14.7 Å². The molecule has 0 saturated carbocycles. The second-order valence-corrected chi connectivity index (χ2v) is 8.82. The Bertz CT molecular complexity index is 1120. The van der Waals surface area contributed by atoms with Gasteiger partial charge in [-0.2, -0.15) is 0 Å². The van der Waals surface area contributed by atoms with Crippen LogP contribution in [-0.4, -0.2) is 41.9 Å². The minimum atomic E-state index is -3.67. The Morgan fingerprint density at radius 1 is 1.30 bits per heavy atom. The van der Waals surface area contributed by atoms with Gasteiger partial charge in [0.25, 0.3) is 0 Å². The van der Waals surface area contributed by atoms with Crippen molar-refractivity contribution in [1.82, 2.24) is 14.9 Å². The second kappa shape index (κ2) is 8.34. The van der Waals surface area contributed by atoms with Crippen LogP contribution in [0.3, 0.4) is 0 Å². The Morgan fingerprint density at radius 2 is 2.03 bits per heavy atom. The zero-order valence-electron chi connectivity index (χ0n) is 16.5. The van der Waals surface area contributed by atoms with Crippen molar-refractivity contribution in [3.8, 4) is 11.5 Å². The van der Waals surface area contributed by atoms with Crippen LogP contribution in [0, 0.1) is 11.6 Å². The molecule has 1 N–H and O–H groups in total. The Hall–Kier alpha value is -3.08. The van der Waals surface area contributed by atoms with Gasteiger partial charge in [0.1, 0.15) is 17.6 Å². The van der Waals surface area contributed by atoms with Crippen LogP contribution in [0.15, 0.2) is 36.2 Å². The van der Waals surface area contributed by atoms with Crippen LogP contribution < -0.4 is 9.46 Å². The molecule has 0 spiro atoms. The smallest absolute Gasteiger partial charge is 0.237 e. The molecule has 1 aliphatic heterocycles. The van der Waals surface area contributed by atoms with Crippen molar-refractivity contribution in [2.45, 2.75) is 26.3 Å². The lowest BCUT2D eigenvalue weighted by atomic mass is 9.97. The van der Waals surface area contributed by atoms with Gasteiger partial charge in [-0.15, -0.1) is 0 Å². The normalized spacial score (nSPS) is 17.0. The SMILES string of the molecule is CCS(=O)(=O)Nc1ncc(Oc2ccc(F)cc2F)c(C2C(=O)CC(C)=CN2C)n1. The number of rotatable bonds is 6. The van der Waals surface area contributed by atoms with Crippen LogP contribution in [0.5, 0.6) is 11.5 Å². The number of nitrogens with zero attached hydrogens (tertiary/aromatic N) is 3. The zero-order valence-corrected chi connectivity index (χ0v) is 17.3. The van der Waals surface area contributed by atoms with E-state index in [4.69, 9.17) is 4.74 Å². The fraction of sp³-hybridized carbons (Fsp3) is 0.316. The molecule has 0 saturated heterocycles. The van der Waals surface area contributed by atoms with Crippen LogP contribution in [0.2, 0.25) is 0 Å². The van der Waals surface area contributed by atoms with E-state index in [1.165, 1.54) is 6.92 Å². The van der Waals surface area contributed by atoms with E-state index in [-0.39, 0.29) is 41.1 Å². The quantitative estimate of drug-likeness (QED) is 0.739. The molecule has 1 atom stereocenters. The summed E-state index contributed by atoms with van der Waals surface area (Å²) in [6, 6.07) is 1.87. The van der Waals surface area contributed by atoms with Crippen molar-refractivity contribution < 1.29 is 26.7 Å². The van der Waals surface area contributed by atoms with E-state index in [1.807, 2.05) is 0 Å². The Kier molecular flexibility index (Phi) is 6.01. The number of halogens is 2. The van der Waals surface area contributed by atoms with Gasteiger partial charge in [0.2, 0.25) is 16.0 Å². The highest BCUT2D eigenvalue weighted by atomic mass is 32.2. The minimum absolute atomic E-state index is 0.0544. The van der Waals surface area contributed by atoms with Crippen molar-refractivity contribution in [3.05, 3.63) is 53.5 Å². The summed E-state index contributed by atoms with van der Waals surface area (Å²) in [7, 11) is -2.01. The largest absolute Gasteiger partial charge is 0.451 e. The number of hydrogen-bond acceptors (Lipinski definition) is 7. The molecular formula is C19H20F2N4O4S. The van der Waals surface area contributed by atoms with Gasteiger partial charge in [-0.1, -0.05) is 0 Å². The number of Topliss-reactive ketones (excluding diaryl/α,β-unsaturated/α-hetero) is 1. The van der Waals surface area contributed by atoms with Gasteiger partial charge in [-0.05, 0) is 37.8 Å². The lowest BCUT2D eigenvalue weighted by Crippen LogP contribution is -2.32. The van der Waals surface area contributed by atoms with E-state index in [0.29, 0.717) is 6.07 Å². The molecule has 0 aliphatic carbocycles. The number of ether oxygens (including phenoxy) is 1. The molecule has 2 heterocycles. The Labute approximate surface area is 172 Å². The van der Waals surface area contributed by atoms with Crippen molar-refractivity contribution in [3.63, 3.8) is 0 Å². The van der Waals surface area contributed by atoms with Crippen molar-refractivity contribution in [2.24, 2.45) is 0 Å². The first kappa shape index (κ1) is 21.6. The number of carbonyl (C=O) groups is 1. The third-order valence-corrected chi connectivity index (χ3v) is 5.63. The molecule has 0 radical (unpaired) electrons. The number of hydrogen-bond donors (Lipinski definition) is 1. The van der Waals surface area contributed by atoms with E-state index in [1.54, 1.807) is 25.1 Å². The molecule has 0 amide bonds. The van der Waals surface area contributed by atoms with Crippen LogP contribution in [0.4, 0.5) is 14.7 Å². The second-order valence-electron chi connectivity index (χ2n) is 6.81. The summed E-state index contributed by atoms with van der Waals surface area (Å²) in [6.45, 7) is 3.25. The fourth-order valence-corrected chi connectivity index (χ4v) is 3.53. The van der Waals surface area contributed by atoms with Gasteiger partial charge in [0.05, 0.1) is 11.9 Å². The maximum absolute atomic E-state index is 14.1. The number of nitrogens with one attached hydrogen (secondary N) is 1. The third-order valence-electron chi connectivity index (χ3n) is 4.37. The zero-order chi connectivity index (χ0) is 22.1. The number of benzene rings is 1. The summed E-state index contributed by atoms with van der Waals surface area (Å²) in [6.07, 6.45) is 3.07. The molecule has 0 fully saturated rings. The topological polar surface area (TPSA) is 101 Å². The summed E-state index contributed by atoms with van der Waals surface area (Å²) in [4.78, 5) is 22.4. The predicted molar refractivity (Wildman–Crippen MR) is 105 cm³/mol. The fourth-order valence-electron chi connectivity index (χ4n) is 3.01. The first-order chi connectivity index (χ1) is 14.1. The number of likely N-dealkylation sites (N-methyl/N-ethyl adjacent to an activating group) is 1. The van der Waals surface area contributed by atoms with Gasteiger partial charge in [0.15, 0.2) is 23.1 Å². The molecule has 11 heteroatoms. The van der Waals surface area contributed by atoms with E-state index in [9.17, 15) is 22.0 Å². The number of ketones is 1. The molecule has 1 aliphatic rings. The highest BCUT2D eigenvalue weighted by molar-refractivity contribution is 7.92.